The van der Waals surface area contributed by atoms with Crippen molar-refractivity contribution in [1.82, 2.24) is 10.1 Å². The lowest BCUT2D eigenvalue weighted by Gasteiger charge is -2.01. The molecule has 2 rings (SSSR count). The quantitative estimate of drug-likeness (QED) is 0.815. The molecular formula is C10H9N3O2. The second kappa shape index (κ2) is 4.36. The Hall–Kier alpha value is -2.17. The van der Waals surface area contributed by atoms with Crippen molar-refractivity contribution in [3.63, 3.8) is 0 Å². The molecule has 1 amide bonds. The van der Waals surface area contributed by atoms with Gasteiger partial charge in [0.05, 0.1) is 12.6 Å². The number of nitrogens with one attached hydrogen (secondary N) is 1. The molecule has 0 bridgehead atoms. The minimum atomic E-state index is -0.176. The number of anilines is 1. The average molecular weight is 203 g/mol. The molecule has 76 valence electrons. The minimum absolute atomic E-state index is 0.163. The van der Waals surface area contributed by atoms with E-state index < -0.39 is 0 Å². The summed E-state index contributed by atoms with van der Waals surface area (Å²) in [6.45, 7) is 0. The molecule has 0 aromatic carbocycles. The molecule has 0 aliphatic rings. The van der Waals surface area contributed by atoms with Crippen LogP contribution in [0.2, 0.25) is 0 Å². The van der Waals surface area contributed by atoms with Gasteiger partial charge < -0.3 is 9.84 Å². The van der Waals surface area contributed by atoms with E-state index in [2.05, 4.69) is 15.5 Å². The van der Waals surface area contributed by atoms with Crippen molar-refractivity contribution in [1.29, 1.82) is 0 Å². The van der Waals surface area contributed by atoms with Gasteiger partial charge in [-0.25, -0.2) is 4.98 Å². The third-order valence-corrected chi connectivity index (χ3v) is 1.76. The second-order valence-corrected chi connectivity index (χ2v) is 2.92. The summed E-state index contributed by atoms with van der Waals surface area (Å²) in [6.07, 6.45) is 3.28. The normalized spacial score (nSPS) is 9.87. The van der Waals surface area contributed by atoms with Gasteiger partial charge in [0.25, 0.3) is 0 Å². The summed E-state index contributed by atoms with van der Waals surface area (Å²) in [5.74, 6) is 0.885. The lowest BCUT2D eigenvalue weighted by Crippen LogP contribution is -2.14. The molecule has 0 saturated carbocycles. The van der Waals surface area contributed by atoms with Crippen LogP contribution in [-0.4, -0.2) is 16.0 Å². The highest BCUT2D eigenvalue weighted by Gasteiger charge is 2.06. The van der Waals surface area contributed by atoms with Gasteiger partial charge in [0.2, 0.25) is 5.91 Å². The predicted octanol–water partition coefficient (Wildman–Crippen LogP) is 1.25. The molecule has 1 N–H and O–H groups in total. The van der Waals surface area contributed by atoms with Crippen LogP contribution in [0.25, 0.3) is 0 Å². The number of hydrogen-bond donors (Lipinski definition) is 1. The van der Waals surface area contributed by atoms with Crippen molar-refractivity contribution in [3.8, 4) is 0 Å². The molecule has 0 radical (unpaired) electrons. The smallest absolute Gasteiger partial charge is 0.233 e. The molecule has 0 aliphatic heterocycles. The van der Waals surface area contributed by atoms with Crippen LogP contribution in [0.1, 0.15) is 5.76 Å². The van der Waals surface area contributed by atoms with Gasteiger partial charge in [-0.05, 0) is 12.1 Å². The van der Waals surface area contributed by atoms with E-state index >= 15 is 0 Å². The fourth-order valence-corrected chi connectivity index (χ4v) is 1.12. The van der Waals surface area contributed by atoms with Crippen molar-refractivity contribution in [2.24, 2.45) is 0 Å². The number of hydrogen-bond acceptors (Lipinski definition) is 4. The van der Waals surface area contributed by atoms with E-state index in [1.807, 2.05) is 0 Å². The third-order valence-electron chi connectivity index (χ3n) is 1.76. The number of nitrogens with zero attached hydrogens (tertiary/aromatic N) is 2. The molecule has 0 spiro atoms. The number of aromatic nitrogens is 2. The highest BCUT2D eigenvalue weighted by Crippen LogP contribution is 2.03. The van der Waals surface area contributed by atoms with E-state index in [0.717, 1.165) is 0 Å². The van der Waals surface area contributed by atoms with E-state index in [9.17, 15) is 4.79 Å². The molecule has 0 atom stereocenters. The van der Waals surface area contributed by atoms with Crippen molar-refractivity contribution in [2.75, 3.05) is 5.32 Å². The first-order valence-electron chi connectivity index (χ1n) is 4.45. The van der Waals surface area contributed by atoms with Gasteiger partial charge in [0, 0.05) is 12.3 Å². The molecule has 2 heterocycles. The second-order valence-electron chi connectivity index (χ2n) is 2.92. The lowest BCUT2D eigenvalue weighted by molar-refractivity contribution is -0.115. The first kappa shape index (κ1) is 9.39. The maximum atomic E-state index is 11.4. The van der Waals surface area contributed by atoms with Crippen LogP contribution >= 0.6 is 0 Å². The molecule has 0 aliphatic carbocycles. The minimum Gasteiger partial charge on any atom is -0.361 e. The van der Waals surface area contributed by atoms with Crippen LogP contribution in [0.4, 0.5) is 5.82 Å². The fourth-order valence-electron chi connectivity index (χ4n) is 1.12. The van der Waals surface area contributed by atoms with Crippen LogP contribution in [0.15, 0.2) is 41.2 Å². The zero-order valence-corrected chi connectivity index (χ0v) is 7.88. The molecule has 2 aromatic rings. The van der Waals surface area contributed by atoms with Crippen LogP contribution in [0.3, 0.4) is 0 Å². The fraction of sp³-hybridized carbons (Fsp3) is 0.100. The van der Waals surface area contributed by atoms with Gasteiger partial charge in [-0.2, -0.15) is 0 Å². The number of carbonyl (C=O) groups excluding carboxylic acids is 1. The van der Waals surface area contributed by atoms with Crippen LogP contribution in [-0.2, 0) is 11.2 Å². The number of rotatable bonds is 3. The number of pyridine rings is 1. The zero-order chi connectivity index (χ0) is 10.5. The molecular weight excluding hydrogens is 194 g/mol. The van der Waals surface area contributed by atoms with Gasteiger partial charge >= 0.3 is 0 Å². The van der Waals surface area contributed by atoms with Gasteiger partial charge in [0.15, 0.2) is 0 Å². The molecule has 5 heteroatoms. The van der Waals surface area contributed by atoms with E-state index in [1.54, 1.807) is 30.5 Å². The van der Waals surface area contributed by atoms with E-state index in [4.69, 9.17) is 4.52 Å². The van der Waals surface area contributed by atoms with Gasteiger partial charge in [-0.1, -0.05) is 11.2 Å². The highest BCUT2D eigenvalue weighted by molar-refractivity contribution is 5.90. The summed E-state index contributed by atoms with van der Waals surface area (Å²) >= 11 is 0. The van der Waals surface area contributed by atoms with Crippen molar-refractivity contribution >= 4 is 11.7 Å². The molecule has 5 nitrogen and oxygen atoms in total. The first-order chi connectivity index (χ1) is 7.34. The Morgan fingerprint density at radius 3 is 2.93 bits per heavy atom. The Balaban J connectivity index is 1.94. The zero-order valence-electron chi connectivity index (χ0n) is 7.88. The maximum Gasteiger partial charge on any atom is 0.233 e. The maximum absolute atomic E-state index is 11.4. The lowest BCUT2D eigenvalue weighted by atomic mass is 10.3. The van der Waals surface area contributed by atoms with E-state index in [-0.39, 0.29) is 12.3 Å². The number of amides is 1. The molecule has 0 unspecified atom stereocenters. The van der Waals surface area contributed by atoms with Crippen molar-refractivity contribution < 1.29 is 9.32 Å². The molecule has 2 aromatic heterocycles. The topological polar surface area (TPSA) is 68.0 Å². The van der Waals surface area contributed by atoms with E-state index in [1.165, 1.54) is 6.20 Å². The Labute approximate surface area is 86.1 Å². The highest BCUT2D eigenvalue weighted by atomic mass is 16.5. The van der Waals surface area contributed by atoms with Crippen molar-refractivity contribution in [3.05, 3.63) is 42.4 Å². The Morgan fingerprint density at radius 2 is 2.27 bits per heavy atom. The molecule has 0 saturated heterocycles. The summed E-state index contributed by atoms with van der Waals surface area (Å²) in [5.41, 5.74) is 0. The summed E-state index contributed by atoms with van der Waals surface area (Å²) in [4.78, 5) is 15.4. The summed E-state index contributed by atoms with van der Waals surface area (Å²) in [7, 11) is 0. The monoisotopic (exact) mass is 203 g/mol. The summed E-state index contributed by atoms with van der Waals surface area (Å²) in [5, 5.41) is 6.15. The van der Waals surface area contributed by atoms with Crippen LogP contribution in [0.5, 0.6) is 0 Å². The van der Waals surface area contributed by atoms with Crippen LogP contribution in [0, 0.1) is 0 Å². The Bertz CT molecular complexity index is 425. The van der Waals surface area contributed by atoms with Gasteiger partial charge in [-0.15, -0.1) is 0 Å². The third kappa shape index (κ3) is 2.63. The van der Waals surface area contributed by atoms with Gasteiger partial charge in [-0.3, -0.25) is 4.79 Å². The van der Waals surface area contributed by atoms with Gasteiger partial charge in [0.1, 0.15) is 11.6 Å². The van der Waals surface area contributed by atoms with Crippen LogP contribution < -0.4 is 5.32 Å². The van der Waals surface area contributed by atoms with Crippen molar-refractivity contribution in [2.45, 2.75) is 6.42 Å². The summed E-state index contributed by atoms with van der Waals surface area (Å²) in [6, 6.07) is 6.96. The van der Waals surface area contributed by atoms with E-state index in [0.29, 0.717) is 11.6 Å². The Kier molecular flexibility index (Phi) is 2.73. The predicted molar refractivity (Wildman–Crippen MR) is 53.1 cm³/mol. The largest absolute Gasteiger partial charge is 0.361 e. The summed E-state index contributed by atoms with van der Waals surface area (Å²) < 4.78 is 4.81. The average Bonchev–Trinajstić information content (AvgIpc) is 2.71. The first-order valence-corrected chi connectivity index (χ1v) is 4.45. The molecule has 0 fully saturated rings. The number of carbonyl (C=O) groups is 1. The standard InChI is InChI=1S/C10H9N3O2/c14-10(7-8-4-6-12-15-8)13-9-3-1-2-5-11-9/h1-6H,7H2,(H,11,13,14). The SMILES string of the molecule is O=C(Cc1ccno1)Nc1ccccn1. The Morgan fingerprint density at radius 1 is 1.33 bits per heavy atom. The molecule has 15 heavy (non-hydrogen) atoms.